The second-order valence-electron chi connectivity index (χ2n) is 5.29. The zero-order valence-electron chi connectivity index (χ0n) is 11.4. The number of nitrogens with one attached hydrogen (secondary N) is 1. The molecule has 1 aliphatic heterocycles. The lowest BCUT2D eigenvalue weighted by Crippen LogP contribution is -2.42. The first-order valence-electron chi connectivity index (χ1n) is 6.88. The molecule has 104 valence electrons. The lowest BCUT2D eigenvalue weighted by atomic mass is 9.99. The Morgan fingerprint density at radius 1 is 1.32 bits per heavy atom. The predicted octanol–water partition coefficient (Wildman–Crippen LogP) is 2.69. The molecule has 1 amide bonds. The van der Waals surface area contributed by atoms with E-state index in [1.54, 1.807) is 0 Å². The van der Waals surface area contributed by atoms with E-state index in [-0.39, 0.29) is 5.91 Å². The number of carbonyl (C=O) groups is 1. The topological polar surface area (TPSA) is 32.3 Å². The molecular formula is C15H21ClN2O. The minimum Gasteiger partial charge on any atom is -0.342 e. The molecule has 0 atom stereocenters. The third-order valence-corrected chi connectivity index (χ3v) is 3.91. The summed E-state index contributed by atoms with van der Waals surface area (Å²) in [5.41, 5.74) is 1.14. The number of amides is 1. The molecule has 1 aromatic carbocycles. The third-order valence-electron chi connectivity index (χ3n) is 3.65. The van der Waals surface area contributed by atoms with Crippen LogP contribution in [0, 0.1) is 5.92 Å². The number of hydrogen-bond acceptors (Lipinski definition) is 2. The fourth-order valence-electron chi connectivity index (χ4n) is 2.29. The fraction of sp³-hybridized carbons (Fsp3) is 0.533. The van der Waals surface area contributed by atoms with E-state index in [0.29, 0.717) is 13.1 Å². The Morgan fingerprint density at radius 2 is 1.95 bits per heavy atom. The minimum atomic E-state index is 0.209. The van der Waals surface area contributed by atoms with Crippen molar-refractivity contribution in [3.63, 3.8) is 0 Å². The van der Waals surface area contributed by atoms with Crippen LogP contribution < -0.4 is 5.32 Å². The molecule has 1 N–H and O–H groups in total. The number of nitrogens with zero attached hydrogens (tertiary/aromatic N) is 1. The van der Waals surface area contributed by atoms with Gasteiger partial charge in [-0.3, -0.25) is 4.79 Å². The second-order valence-corrected chi connectivity index (χ2v) is 5.73. The lowest BCUT2D eigenvalue weighted by Gasteiger charge is -2.30. The Bertz CT molecular complexity index is 411. The van der Waals surface area contributed by atoms with Crippen LogP contribution in [0.3, 0.4) is 0 Å². The molecule has 1 aliphatic rings. The van der Waals surface area contributed by atoms with Crippen LogP contribution in [-0.2, 0) is 11.3 Å². The van der Waals surface area contributed by atoms with Crippen molar-refractivity contribution in [1.29, 1.82) is 0 Å². The molecule has 0 spiro atoms. The van der Waals surface area contributed by atoms with E-state index >= 15 is 0 Å². The van der Waals surface area contributed by atoms with Gasteiger partial charge < -0.3 is 10.2 Å². The Hall–Kier alpha value is -1.06. The first kappa shape index (κ1) is 14.4. The van der Waals surface area contributed by atoms with Crippen molar-refractivity contribution in [2.24, 2.45) is 5.92 Å². The van der Waals surface area contributed by atoms with Gasteiger partial charge in [-0.1, -0.05) is 30.7 Å². The largest absolute Gasteiger partial charge is 0.342 e. The van der Waals surface area contributed by atoms with Crippen LogP contribution in [0.25, 0.3) is 0 Å². The molecule has 0 bridgehead atoms. The number of hydrogen-bond donors (Lipinski definition) is 1. The van der Waals surface area contributed by atoms with E-state index in [1.165, 1.54) is 0 Å². The predicted molar refractivity (Wildman–Crippen MR) is 78.1 cm³/mol. The van der Waals surface area contributed by atoms with E-state index in [1.807, 2.05) is 29.2 Å². The van der Waals surface area contributed by atoms with Crippen molar-refractivity contribution in [2.75, 3.05) is 19.6 Å². The van der Waals surface area contributed by atoms with Crippen molar-refractivity contribution >= 4 is 17.5 Å². The molecule has 1 saturated heterocycles. The smallest absolute Gasteiger partial charge is 0.236 e. The SMILES string of the molecule is CC1CCN(C(=O)CNCc2ccc(Cl)cc2)CC1. The Balaban J connectivity index is 1.70. The second kappa shape index (κ2) is 6.92. The number of rotatable bonds is 4. The van der Waals surface area contributed by atoms with Crippen molar-refractivity contribution in [3.8, 4) is 0 Å². The number of carbonyl (C=O) groups excluding carboxylic acids is 1. The van der Waals surface area contributed by atoms with Crippen LogP contribution in [0.4, 0.5) is 0 Å². The van der Waals surface area contributed by atoms with Crippen LogP contribution in [0.5, 0.6) is 0 Å². The fourth-order valence-corrected chi connectivity index (χ4v) is 2.41. The quantitative estimate of drug-likeness (QED) is 0.920. The molecular weight excluding hydrogens is 260 g/mol. The molecule has 1 aromatic rings. The number of benzene rings is 1. The molecule has 0 radical (unpaired) electrons. The van der Waals surface area contributed by atoms with Gasteiger partial charge in [0.05, 0.1) is 6.54 Å². The molecule has 2 rings (SSSR count). The first-order valence-corrected chi connectivity index (χ1v) is 7.26. The molecule has 0 unspecified atom stereocenters. The zero-order chi connectivity index (χ0) is 13.7. The molecule has 0 aliphatic carbocycles. The van der Waals surface area contributed by atoms with Crippen LogP contribution >= 0.6 is 11.6 Å². The van der Waals surface area contributed by atoms with Crippen LogP contribution in [0.2, 0.25) is 5.02 Å². The maximum Gasteiger partial charge on any atom is 0.236 e. The maximum atomic E-state index is 12.0. The van der Waals surface area contributed by atoms with Gasteiger partial charge in [0.25, 0.3) is 0 Å². The van der Waals surface area contributed by atoms with Gasteiger partial charge in [0.15, 0.2) is 0 Å². The molecule has 4 heteroatoms. The van der Waals surface area contributed by atoms with Crippen molar-refractivity contribution in [2.45, 2.75) is 26.3 Å². The first-order chi connectivity index (χ1) is 9.15. The van der Waals surface area contributed by atoms with E-state index in [0.717, 1.165) is 42.4 Å². The highest BCUT2D eigenvalue weighted by Crippen LogP contribution is 2.15. The number of halogens is 1. The summed E-state index contributed by atoms with van der Waals surface area (Å²) in [4.78, 5) is 14.0. The summed E-state index contributed by atoms with van der Waals surface area (Å²) in [6.07, 6.45) is 2.26. The minimum absolute atomic E-state index is 0.209. The Kier molecular flexibility index (Phi) is 5.23. The summed E-state index contributed by atoms with van der Waals surface area (Å²) in [6, 6.07) is 7.68. The summed E-state index contributed by atoms with van der Waals surface area (Å²) in [7, 11) is 0. The average molecular weight is 281 g/mol. The van der Waals surface area contributed by atoms with E-state index < -0.39 is 0 Å². The molecule has 0 aromatic heterocycles. The summed E-state index contributed by atoms with van der Waals surface area (Å²) < 4.78 is 0. The Morgan fingerprint density at radius 3 is 2.58 bits per heavy atom. The maximum absolute atomic E-state index is 12.0. The monoisotopic (exact) mass is 280 g/mol. The highest BCUT2D eigenvalue weighted by atomic mass is 35.5. The van der Waals surface area contributed by atoms with E-state index in [2.05, 4.69) is 12.2 Å². The molecule has 3 nitrogen and oxygen atoms in total. The van der Waals surface area contributed by atoms with Crippen molar-refractivity contribution in [3.05, 3.63) is 34.9 Å². The van der Waals surface area contributed by atoms with Crippen LogP contribution in [0.1, 0.15) is 25.3 Å². The normalized spacial score (nSPS) is 16.6. The third kappa shape index (κ3) is 4.51. The summed E-state index contributed by atoms with van der Waals surface area (Å²) in [5.74, 6) is 0.965. The zero-order valence-corrected chi connectivity index (χ0v) is 12.1. The standard InChI is InChI=1S/C15H21ClN2O/c1-12-6-8-18(9-7-12)15(19)11-17-10-13-2-4-14(16)5-3-13/h2-5,12,17H,6-11H2,1H3. The van der Waals surface area contributed by atoms with Crippen molar-refractivity contribution in [1.82, 2.24) is 10.2 Å². The Labute approximate surface area is 119 Å². The number of piperidine rings is 1. The van der Waals surface area contributed by atoms with Gasteiger partial charge in [0.1, 0.15) is 0 Å². The molecule has 1 fully saturated rings. The van der Waals surface area contributed by atoms with E-state index in [4.69, 9.17) is 11.6 Å². The van der Waals surface area contributed by atoms with Gasteiger partial charge in [-0.05, 0) is 36.5 Å². The van der Waals surface area contributed by atoms with Crippen molar-refractivity contribution < 1.29 is 4.79 Å². The van der Waals surface area contributed by atoms with Crippen LogP contribution in [-0.4, -0.2) is 30.4 Å². The van der Waals surface area contributed by atoms with Gasteiger partial charge >= 0.3 is 0 Å². The molecule has 19 heavy (non-hydrogen) atoms. The highest BCUT2D eigenvalue weighted by Gasteiger charge is 2.19. The van der Waals surface area contributed by atoms with Gasteiger partial charge in [0.2, 0.25) is 5.91 Å². The van der Waals surface area contributed by atoms with Gasteiger partial charge in [0, 0.05) is 24.7 Å². The summed E-state index contributed by atoms with van der Waals surface area (Å²) in [5, 5.41) is 3.93. The lowest BCUT2D eigenvalue weighted by molar-refractivity contribution is -0.131. The summed E-state index contributed by atoms with van der Waals surface area (Å²) >= 11 is 5.83. The highest BCUT2D eigenvalue weighted by molar-refractivity contribution is 6.30. The number of likely N-dealkylation sites (tertiary alicyclic amines) is 1. The van der Waals surface area contributed by atoms with E-state index in [9.17, 15) is 4.79 Å². The average Bonchev–Trinajstić information content (AvgIpc) is 2.41. The van der Waals surface area contributed by atoms with Gasteiger partial charge in [-0.2, -0.15) is 0 Å². The van der Waals surface area contributed by atoms with Gasteiger partial charge in [-0.15, -0.1) is 0 Å². The molecule has 1 heterocycles. The molecule has 0 saturated carbocycles. The van der Waals surface area contributed by atoms with Crippen LogP contribution in [0.15, 0.2) is 24.3 Å². The van der Waals surface area contributed by atoms with Gasteiger partial charge in [-0.25, -0.2) is 0 Å². The summed E-state index contributed by atoms with van der Waals surface area (Å²) in [6.45, 7) is 5.18.